The van der Waals surface area contributed by atoms with E-state index in [9.17, 15) is 33.7 Å². The largest absolute Gasteiger partial charge is 0.479 e. The third-order valence-corrected chi connectivity index (χ3v) is 5.31. The van der Waals surface area contributed by atoms with Gasteiger partial charge in [-0.15, -0.1) is 0 Å². The van der Waals surface area contributed by atoms with Gasteiger partial charge in [-0.1, -0.05) is 13.8 Å². The molecule has 0 saturated carbocycles. The van der Waals surface area contributed by atoms with Crippen LogP contribution in [0.25, 0.3) is 0 Å². The van der Waals surface area contributed by atoms with Gasteiger partial charge in [0.25, 0.3) is 0 Å². The van der Waals surface area contributed by atoms with E-state index in [2.05, 4.69) is 20.6 Å². The molecule has 5 N–H and O–H groups in total. The molecule has 0 aliphatic rings. The zero-order chi connectivity index (χ0) is 27.0. The smallest absolute Gasteiger partial charge is 0.472 e. The van der Waals surface area contributed by atoms with Crippen molar-refractivity contribution < 1.29 is 52.3 Å². The number of carboxylic acid groups (broad SMARTS) is 1. The molecular formula is C20H33N4O11P. The van der Waals surface area contributed by atoms with Crippen LogP contribution in [0.5, 0.6) is 0 Å². The van der Waals surface area contributed by atoms with Crippen LogP contribution >= 0.6 is 7.82 Å². The minimum absolute atomic E-state index is 0.0667. The number of H-pyrrole nitrogens is 1. The lowest BCUT2D eigenvalue weighted by atomic mass is 10.2. The highest BCUT2D eigenvalue weighted by Crippen LogP contribution is 2.43. The predicted molar refractivity (Wildman–Crippen MR) is 122 cm³/mol. The summed E-state index contributed by atoms with van der Waals surface area (Å²) in [4.78, 5) is 62.6. The fraction of sp³-hybridized carbons (Fsp3) is 0.650. The van der Waals surface area contributed by atoms with Crippen LogP contribution in [-0.2, 0) is 42.3 Å². The molecule has 3 atom stereocenters. The van der Waals surface area contributed by atoms with Gasteiger partial charge >= 0.3 is 25.7 Å². The summed E-state index contributed by atoms with van der Waals surface area (Å²) in [7, 11) is -4.51. The van der Waals surface area contributed by atoms with E-state index in [1.54, 1.807) is 13.8 Å². The quantitative estimate of drug-likeness (QED) is 0.0922. The molecule has 1 amide bonds. The van der Waals surface area contributed by atoms with Gasteiger partial charge < -0.3 is 35.1 Å². The van der Waals surface area contributed by atoms with Crippen molar-refractivity contribution in [3.8, 4) is 0 Å². The van der Waals surface area contributed by atoms with Crippen molar-refractivity contribution >= 4 is 31.6 Å². The summed E-state index contributed by atoms with van der Waals surface area (Å²) in [6.45, 7) is 2.44. The van der Waals surface area contributed by atoms with E-state index in [0.717, 1.165) is 0 Å². The molecule has 36 heavy (non-hydrogen) atoms. The number of imidazole rings is 1. The van der Waals surface area contributed by atoms with Crippen molar-refractivity contribution in [2.45, 2.75) is 51.7 Å². The molecule has 0 saturated heterocycles. The molecule has 0 aliphatic carbocycles. The number of nitrogens with one attached hydrogen (secondary N) is 3. The third-order valence-electron chi connectivity index (χ3n) is 4.32. The van der Waals surface area contributed by atoms with Crippen LogP contribution in [0.1, 0.15) is 51.3 Å². The monoisotopic (exact) mass is 536 g/mol. The van der Waals surface area contributed by atoms with Gasteiger partial charge in [0.15, 0.2) is 12.1 Å². The van der Waals surface area contributed by atoms with Crippen LogP contribution in [0.15, 0.2) is 12.5 Å². The molecule has 0 spiro atoms. The molecule has 1 aromatic rings. The Morgan fingerprint density at radius 3 is 2.47 bits per heavy atom. The summed E-state index contributed by atoms with van der Waals surface area (Å²) in [5, 5.41) is 14.4. The number of rotatable bonds is 19. The van der Waals surface area contributed by atoms with E-state index in [1.807, 2.05) is 0 Å². The maximum absolute atomic E-state index is 12.1. The highest BCUT2D eigenvalue weighted by Gasteiger charge is 2.26. The number of hydrogen-bond acceptors (Lipinski definition) is 11. The zero-order valence-corrected chi connectivity index (χ0v) is 21.0. The average molecular weight is 536 g/mol. The second-order valence-corrected chi connectivity index (χ2v) is 8.78. The van der Waals surface area contributed by atoms with Gasteiger partial charge in [0, 0.05) is 38.5 Å². The van der Waals surface area contributed by atoms with Gasteiger partial charge in [-0.25, -0.2) is 14.3 Å². The summed E-state index contributed by atoms with van der Waals surface area (Å²) in [5.74, 6) is -2.90. The van der Waals surface area contributed by atoms with Crippen molar-refractivity contribution in [2.24, 2.45) is 0 Å². The number of nitrogens with zero attached hydrogens (tertiary/aromatic N) is 1. The maximum Gasteiger partial charge on any atom is 0.472 e. The first-order valence-electron chi connectivity index (χ1n) is 11.3. The lowest BCUT2D eigenvalue weighted by Gasteiger charge is -2.19. The van der Waals surface area contributed by atoms with Crippen molar-refractivity contribution in [1.29, 1.82) is 0 Å². The van der Waals surface area contributed by atoms with Gasteiger partial charge in [-0.05, 0) is 6.42 Å². The molecule has 1 rings (SSSR count). The van der Waals surface area contributed by atoms with Crippen LogP contribution < -0.4 is 10.6 Å². The minimum Gasteiger partial charge on any atom is -0.479 e. The Morgan fingerprint density at radius 2 is 1.86 bits per heavy atom. The van der Waals surface area contributed by atoms with E-state index in [-0.39, 0.29) is 51.3 Å². The molecule has 0 radical (unpaired) electrons. The molecule has 16 heteroatoms. The number of esters is 2. The molecule has 0 fully saturated rings. The number of aliphatic carboxylic acids is 1. The van der Waals surface area contributed by atoms with Gasteiger partial charge in [0.05, 0.1) is 25.2 Å². The first-order chi connectivity index (χ1) is 17.1. The number of carbonyl (C=O) groups excluding carboxylic acids is 3. The number of carboxylic acids is 1. The Hall–Kier alpha value is -2.84. The molecule has 15 nitrogen and oxygen atoms in total. The van der Waals surface area contributed by atoms with Crippen molar-refractivity contribution in [2.75, 3.05) is 32.9 Å². The zero-order valence-electron chi connectivity index (χ0n) is 20.1. The highest BCUT2D eigenvalue weighted by atomic mass is 31.2. The predicted octanol–water partition coefficient (Wildman–Crippen LogP) is 0.430. The molecule has 204 valence electrons. The van der Waals surface area contributed by atoms with Crippen molar-refractivity contribution in [1.82, 2.24) is 20.6 Å². The van der Waals surface area contributed by atoms with Gasteiger partial charge in [-0.3, -0.25) is 23.4 Å². The van der Waals surface area contributed by atoms with Crippen LogP contribution in [0, 0.1) is 0 Å². The van der Waals surface area contributed by atoms with Crippen LogP contribution in [0.4, 0.5) is 0 Å². The van der Waals surface area contributed by atoms with Crippen LogP contribution in [0.2, 0.25) is 0 Å². The first-order valence-corrected chi connectivity index (χ1v) is 12.8. The lowest BCUT2D eigenvalue weighted by Crippen LogP contribution is -2.35. The second kappa shape index (κ2) is 16.8. The Labute approximate surface area is 207 Å². The van der Waals surface area contributed by atoms with E-state index < -0.39 is 50.4 Å². The Kier molecular flexibility index (Phi) is 14.5. The van der Waals surface area contributed by atoms with Gasteiger partial charge in [0.2, 0.25) is 5.91 Å². The lowest BCUT2D eigenvalue weighted by molar-refractivity contribution is -0.161. The summed E-state index contributed by atoms with van der Waals surface area (Å²) in [6, 6.07) is -1.29. The van der Waals surface area contributed by atoms with Crippen LogP contribution in [-0.4, -0.2) is 82.8 Å². The van der Waals surface area contributed by atoms with Gasteiger partial charge in [0.1, 0.15) is 6.61 Å². The van der Waals surface area contributed by atoms with Gasteiger partial charge in [-0.2, -0.15) is 0 Å². The first kappa shape index (κ1) is 31.2. The van der Waals surface area contributed by atoms with Crippen LogP contribution in [0.3, 0.4) is 0 Å². The molecule has 3 unspecified atom stereocenters. The highest BCUT2D eigenvalue weighted by molar-refractivity contribution is 7.47. The fourth-order valence-electron chi connectivity index (χ4n) is 2.55. The number of phosphoric ester groups is 1. The molecule has 1 aromatic heterocycles. The standard InChI is InChI=1S/C20H33N4O11P/c1-3-5-18(27)35-14(11-32-17(26)4-2)12-34-36(30,31)33-9-8-21-7-6-16(25)24-19(20(28)29)15-10-22-13-23-15/h10,13-14,19,21H,3-9,11-12H2,1-2H3,(H,22,23)(H,24,25)(H,28,29)(H,30,31). The SMILES string of the molecule is CCCC(=O)OC(COC(=O)CC)COP(=O)(O)OCCNCCC(=O)NC(C(=O)O)c1c[nH]cn1. The van der Waals surface area contributed by atoms with Crippen molar-refractivity contribution in [3.05, 3.63) is 18.2 Å². The number of carbonyl (C=O) groups is 4. The number of hydrogen-bond donors (Lipinski definition) is 5. The minimum atomic E-state index is -4.51. The number of phosphoric acid groups is 1. The topological polar surface area (TPSA) is 215 Å². The Bertz CT molecular complexity index is 881. The molecule has 0 aromatic carbocycles. The molecular weight excluding hydrogens is 503 g/mol. The molecule has 0 bridgehead atoms. The number of ether oxygens (including phenoxy) is 2. The third kappa shape index (κ3) is 13.3. The van der Waals surface area contributed by atoms with E-state index >= 15 is 0 Å². The van der Waals surface area contributed by atoms with E-state index in [1.165, 1.54) is 12.5 Å². The summed E-state index contributed by atoms with van der Waals surface area (Å²) < 4.78 is 31.8. The van der Waals surface area contributed by atoms with Crippen molar-refractivity contribution in [3.63, 3.8) is 0 Å². The Morgan fingerprint density at radius 1 is 1.11 bits per heavy atom. The summed E-state index contributed by atoms with van der Waals surface area (Å²) in [5.41, 5.74) is 0.154. The summed E-state index contributed by atoms with van der Waals surface area (Å²) >= 11 is 0. The van der Waals surface area contributed by atoms with E-state index in [4.69, 9.17) is 18.5 Å². The molecule has 0 aliphatic heterocycles. The number of aromatic nitrogens is 2. The second-order valence-electron chi connectivity index (χ2n) is 7.33. The average Bonchev–Trinajstić information content (AvgIpc) is 3.35. The summed E-state index contributed by atoms with van der Waals surface area (Å²) in [6.07, 6.45) is 2.26. The fourth-order valence-corrected chi connectivity index (χ4v) is 3.30. The number of amides is 1. The maximum atomic E-state index is 12.1. The normalized spacial score (nSPS) is 14.3. The Balaban J connectivity index is 2.33. The molecule has 1 heterocycles. The number of aromatic amines is 1. The van der Waals surface area contributed by atoms with E-state index in [0.29, 0.717) is 6.42 Å².